The summed E-state index contributed by atoms with van der Waals surface area (Å²) >= 11 is 0.931. The number of fused-ring (bicyclic) bond motifs is 1. The lowest BCUT2D eigenvalue weighted by molar-refractivity contribution is -0.123. The van der Waals surface area contributed by atoms with Gasteiger partial charge in [-0.3, -0.25) is 23.5 Å². The molecule has 2 aromatic heterocycles. The second-order valence-electron chi connectivity index (χ2n) is 4.67. The van der Waals surface area contributed by atoms with Gasteiger partial charge in [0.25, 0.3) is 5.56 Å². The SMILES string of the molecule is CC(=O)C(Sc1nc2c([nH]1)c(=O)n(C)c(=O)n2C)C(C)=O. The minimum atomic E-state index is -0.883. The molecule has 0 atom stereocenters. The minimum absolute atomic E-state index is 0.160. The molecule has 0 aliphatic carbocycles. The molecule has 0 aliphatic rings. The molecule has 2 heterocycles. The van der Waals surface area contributed by atoms with Crippen molar-refractivity contribution in [3.8, 4) is 0 Å². The van der Waals surface area contributed by atoms with E-state index in [1.54, 1.807) is 0 Å². The molecule has 0 saturated heterocycles. The van der Waals surface area contributed by atoms with E-state index < -0.39 is 16.5 Å². The Hall–Kier alpha value is -2.16. The van der Waals surface area contributed by atoms with Crippen LogP contribution in [-0.4, -0.2) is 35.9 Å². The van der Waals surface area contributed by atoms with Gasteiger partial charge in [-0.15, -0.1) is 0 Å². The molecule has 112 valence electrons. The Morgan fingerprint density at radius 3 is 2.24 bits per heavy atom. The van der Waals surface area contributed by atoms with E-state index in [9.17, 15) is 19.2 Å². The highest BCUT2D eigenvalue weighted by Gasteiger charge is 2.23. The van der Waals surface area contributed by atoms with Gasteiger partial charge in [0.2, 0.25) is 0 Å². The molecule has 1 N–H and O–H groups in total. The normalized spacial score (nSPS) is 11.3. The van der Waals surface area contributed by atoms with Crippen LogP contribution in [0.1, 0.15) is 13.8 Å². The number of carbonyl (C=O) groups excluding carboxylic acids is 2. The maximum Gasteiger partial charge on any atom is 0.332 e. The number of hydrogen-bond donors (Lipinski definition) is 1. The molecule has 21 heavy (non-hydrogen) atoms. The first-order valence-corrected chi connectivity index (χ1v) is 6.95. The van der Waals surface area contributed by atoms with Crippen molar-refractivity contribution in [3.05, 3.63) is 20.8 Å². The molecular weight excluding hydrogens is 296 g/mol. The van der Waals surface area contributed by atoms with Crippen molar-refractivity contribution >= 4 is 34.5 Å². The van der Waals surface area contributed by atoms with Gasteiger partial charge in [0.05, 0.1) is 0 Å². The summed E-state index contributed by atoms with van der Waals surface area (Å²) in [6, 6.07) is 0. The lowest BCUT2D eigenvalue weighted by Crippen LogP contribution is -2.36. The molecule has 2 aromatic rings. The summed E-state index contributed by atoms with van der Waals surface area (Å²) in [5.74, 6) is -0.593. The van der Waals surface area contributed by atoms with Gasteiger partial charge in [-0.25, -0.2) is 9.78 Å². The first-order chi connectivity index (χ1) is 9.73. The van der Waals surface area contributed by atoms with Gasteiger partial charge in [0.1, 0.15) is 5.25 Å². The predicted molar refractivity (Wildman–Crippen MR) is 77.6 cm³/mol. The van der Waals surface area contributed by atoms with Crippen LogP contribution in [0.25, 0.3) is 11.2 Å². The predicted octanol–water partition coefficient (Wildman–Crippen LogP) is -0.401. The summed E-state index contributed by atoms with van der Waals surface area (Å²) in [6.07, 6.45) is 0. The number of carbonyl (C=O) groups is 2. The molecule has 0 fully saturated rings. The van der Waals surface area contributed by atoms with Gasteiger partial charge in [0, 0.05) is 14.1 Å². The zero-order chi connectivity index (χ0) is 15.9. The summed E-state index contributed by atoms with van der Waals surface area (Å²) in [5, 5.41) is -0.634. The number of Topliss-reactive ketones (excluding diaryl/α,β-unsaturated/α-hetero) is 2. The molecule has 0 unspecified atom stereocenters. The fraction of sp³-hybridized carbons (Fsp3) is 0.417. The fourth-order valence-electron chi connectivity index (χ4n) is 1.92. The molecular formula is C12H14N4O4S. The minimum Gasteiger partial charge on any atom is -0.327 e. The summed E-state index contributed by atoms with van der Waals surface area (Å²) < 4.78 is 2.19. The second kappa shape index (κ2) is 5.32. The number of thioether (sulfide) groups is 1. The number of ketones is 2. The largest absolute Gasteiger partial charge is 0.332 e. The van der Waals surface area contributed by atoms with Crippen LogP contribution in [0.5, 0.6) is 0 Å². The van der Waals surface area contributed by atoms with Gasteiger partial charge in [0.15, 0.2) is 27.9 Å². The summed E-state index contributed by atoms with van der Waals surface area (Å²) in [6.45, 7) is 2.63. The van der Waals surface area contributed by atoms with Gasteiger partial charge in [-0.05, 0) is 13.8 Å². The van der Waals surface area contributed by atoms with Crippen molar-refractivity contribution in [2.45, 2.75) is 24.3 Å². The van der Waals surface area contributed by atoms with Crippen molar-refractivity contribution in [2.24, 2.45) is 14.1 Å². The van der Waals surface area contributed by atoms with Gasteiger partial charge in [-0.2, -0.15) is 0 Å². The van der Waals surface area contributed by atoms with Crippen LogP contribution in [0.2, 0.25) is 0 Å². The Morgan fingerprint density at radius 1 is 1.14 bits per heavy atom. The molecule has 9 heteroatoms. The maximum atomic E-state index is 12.0. The third kappa shape index (κ3) is 2.56. The number of aromatic nitrogens is 4. The van der Waals surface area contributed by atoms with Crippen molar-refractivity contribution in [1.29, 1.82) is 0 Å². The third-order valence-corrected chi connectivity index (χ3v) is 4.36. The third-order valence-electron chi connectivity index (χ3n) is 3.04. The molecule has 0 aromatic carbocycles. The molecule has 0 spiro atoms. The van der Waals surface area contributed by atoms with E-state index >= 15 is 0 Å². The number of nitrogens with zero attached hydrogens (tertiary/aromatic N) is 3. The van der Waals surface area contributed by atoms with Crippen LogP contribution in [0, 0.1) is 0 Å². The van der Waals surface area contributed by atoms with Crippen LogP contribution in [0.15, 0.2) is 14.7 Å². The Kier molecular flexibility index (Phi) is 3.86. The van der Waals surface area contributed by atoms with E-state index in [-0.39, 0.29) is 27.9 Å². The standard InChI is InChI=1S/C12H14N4O4S/c1-5(17)8(6(2)18)21-11-13-7-9(14-11)15(3)12(20)16(4)10(7)19/h8H,1-4H3,(H,13,14). The molecule has 0 radical (unpaired) electrons. The highest BCUT2D eigenvalue weighted by molar-refractivity contribution is 8.01. The maximum absolute atomic E-state index is 12.0. The number of aromatic amines is 1. The van der Waals surface area contributed by atoms with Crippen molar-refractivity contribution in [1.82, 2.24) is 19.1 Å². The lowest BCUT2D eigenvalue weighted by atomic mass is 10.2. The van der Waals surface area contributed by atoms with Crippen molar-refractivity contribution < 1.29 is 9.59 Å². The Balaban J connectivity index is 2.59. The van der Waals surface area contributed by atoms with E-state index in [2.05, 4.69) is 9.97 Å². The zero-order valence-corrected chi connectivity index (χ0v) is 12.8. The number of H-pyrrole nitrogens is 1. The number of hydrogen-bond acceptors (Lipinski definition) is 6. The first-order valence-electron chi connectivity index (χ1n) is 6.07. The highest BCUT2D eigenvalue weighted by atomic mass is 32.2. The number of aryl methyl sites for hydroxylation is 1. The van der Waals surface area contributed by atoms with Crippen molar-refractivity contribution in [2.75, 3.05) is 0 Å². The summed E-state index contributed by atoms with van der Waals surface area (Å²) in [5.41, 5.74) is -0.649. The monoisotopic (exact) mass is 310 g/mol. The van der Waals surface area contributed by atoms with Crippen LogP contribution in [0.4, 0.5) is 0 Å². The molecule has 0 saturated carbocycles. The van der Waals surface area contributed by atoms with Crippen LogP contribution >= 0.6 is 11.8 Å². The summed E-state index contributed by atoms with van der Waals surface area (Å²) in [7, 11) is 2.86. The Labute approximate surface area is 123 Å². The van der Waals surface area contributed by atoms with E-state index in [0.717, 1.165) is 16.3 Å². The van der Waals surface area contributed by atoms with E-state index in [0.29, 0.717) is 0 Å². The smallest absolute Gasteiger partial charge is 0.327 e. The molecule has 0 aliphatic heterocycles. The first kappa shape index (κ1) is 15.2. The highest BCUT2D eigenvalue weighted by Crippen LogP contribution is 2.23. The van der Waals surface area contributed by atoms with E-state index in [4.69, 9.17) is 0 Å². The molecule has 8 nitrogen and oxygen atoms in total. The zero-order valence-electron chi connectivity index (χ0n) is 12.0. The average molecular weight is 310 g/mol. The number of nitrogens with one attached hydrogen (secondary N) is 1. The van der Waals surface area contributed by atoms with Crippen LogP contribution in [0.3, 0.4) is 0 Å². The Bertz CT molecular complexity index is 846. The quantitative estimate of drug-likeness (QED) is 0.608. The topological polar surface area (TPSA) is 107 Å². The fourth-order valence-corrected chi connectivity index (χ4v) is 2.78. The van der Waals surface area contributed by atoms with Gasteiger partial charge >= 0.3 is 5.69 Å². The Morgan fingerprint density at radius 2 is 1.71 bits per heavy atom. The molecule has 0 bridgehead atoms. The number of rotatable bonds is 4. The summed E-state index contributed by atoms with van der Waals surface area (Å²) in [4.78, 5) is 53.6. The van der Waals surface area contributed by atoms with Gasteiger partial charge < -0.3 is 4.98 Å². The van der Waals surface area contributed by atoms with E-state index in [1.165, 1.54) is 32.5 Å². The number of imidazole rings is 1. The van der Waals surface area contributed by atoms with Crippen LogP contribution in [-0.2, 0) is 23.7 Å². The average Bonchev–Trinajstić information content (AvgIpc) is 2.83. The van der Waals surface area contributed by atoms with Gasteiger partial charge in [-0.1, -0.05) is 11.8 Å². The molecule has 0 amide bonds. The second-order valence-corrected chi connectivity index (χ2v) is 5.76. The lowest BCUT2D eigenvalue weighted by Gasteiger charge is -2.06. The van der Waals surface area contributed by atoms with Crippen LogP contribution < -0.4 is 11.2 Å². The van der Waals surface area contributed by atoms with Crippen molar-refractivity contribution in [3.63, 3.8) is 0 Å². The molecule has 2 rings (SSSR count). The van der Waals surface area contributed by atoms with E-state index in [1.807, 2.05) is 0 Å².